The van der Waals surface area contributed by atoms with Crippen molar-refractivity contribution in [2.45, 2.75) is 13.3 Å². The number of aromatic hydroxyl groups is 1. The number of benzene rings is 3. The maximum Gasteiger partial charge on any atom is 0.259 e. The molecule has 2 N–H and O–H groups in total. The number of rotatable bonds is 6. The number of hydrogen-bond donors (Lipinski definition) is 2. The number of anilines is 1. The summed E-state index contributed by atoms with van der Waals surface area (Å²) in [6.07, 6.45) is 0.728. The van der Waals surface area contributed by atoms with E-state index in [1.807, 2.05) is 6.92 Å². The summed E-state index contributed by atoms with van der Waals surface area (Å²) in [6, 6.07) is 17.5. The third-order valence-corrected chi connectivity index (χ3v) is 4.63. The second-order valence-corrected chi connectivity index (χ2v) is 7.21. The number of halogens is 2. The highest BCUT2D eigenvalue weighted by atomic mass is 35.5. The van der Waals surface area contributed by atoms with E-state index in [9.17, 15) is 9.90 Å². The van der Waals surface area contributed by atoms with E-state index in [4.69, 9.17) is 27.9 Å². The first kappa shape index (κ1) is 20.1. The van der Waals surface area contributed by atoms with Crippen LogP contribution in [0.2, 0.25) is 10.0 Å². The van der Waals surface area contributed by atoms with Gasteiger partial charge in [-0.25, -0.2) is 0 Å². The highest BCUT2D eigenvalue weighted by Crippen LogP contribution is 2.30. The topological polar surface area (TPSA) is 58.6 Å². The molecular formula is C22H19Cl2NO3. The van der Waals surface area contributed by atoms with E-state index >= 15 is 0 Å². The summed E-state index contributed by atoms with van der Waals surface area (Å²) < 4.78 is 5.86. The number of carbonyl (C=O) groups is 1. The predicted molar refractivity (Wildman–Crippen MR) is 113 cm³/mol. The van der Waals surface area contributed by atoms with Crippen LogP contribution in [0.3, 0.4) is 0 Å². The van der Waals surface area contributed by atoms with Gasteiger partial charge >= 0.3 is 0 Å². The molecule has 0 unspecified atom stereocenters. The first-order valence-electron chi connectivity index (χ1n) is 8.70. The van der Waals surface area contributed by atoms with Crippen molar-refractivity contribution in [1.82, 2.24) is 0 Å². The monoisotopic (exact) mass is 415 g/mol. The summed E-state index contributed by atoms with van der Waals surface area (Å²) in [5.41, 5.74) is 2.85. The van der Waals surface area contributed by atoms with Crippen LogP contribution in [0.25, 0.3) is 0 Å². The normalized spacial score (nSPS) is 10.5. The van der Waals surface area contributed by atoms with Crippen molar-refractivity contribution in [1.29, 1.82) is 0 Å². The van der Waals surface area contributed by atoms with Gasteiger partial charge in [-0.05, 0) is 48.9 Å². The van der Waals surface area contributed by atoms with E-state index < -0.39 is 5.91 Å². The Morgan fingerprint density at radius 1 is 1.00 bits per heavy atom. The molecule has 0 atom stereocenters. The van der Waals surface area contributed by atoms with Gasteiger partial charge in [-0.1, -0.05) is 53.0 Å². The highest BCUT2D eigenvalue weighted by molar-refractivity contribution is 6.31. The molecule has 0 aliphatic carbocycles. The highest BCUT2D eigenvalue weighted by Gasteiger charge is 2.15. The van der Waals surface area contributed by atoms with Crippen molar-refractivity contribution in [3.8, 4) is 11.5 Å². The summed E-state index contributed by atoms with van der Waals surface area (Å²) in [4.78, 5) is 12.5. The molecule has 3 rings (SSSR count). The molecule has 0 fully saturated rings. The minimum Gasteiger partial charge on any atom is -0.507 e. The van der Waals surface area contributed by atoms with E-state index in [1.54, 1.807) is 18.2 Å². The number of carbonyl (C=O) groups excluding carboxylic acids is 1. The van der Waals surface area contributed by atoms with Crippen LogP contribution in [0, 0.1) is 6.92 Å². The maximum atomic E-state index is 12.5. The van der Waals surface area contributed by atoms with Gasteiger partial charge in [0.1, 0.15) is 11.5 Å². The number of phenolic OH excluding ortho intramolecular Hbond substituents is 1. The molecular weight excluding hydrogens is 397 g/mol. The van der Waals surface area contributed by atoms with Crippen LogP contribution in [-0.4, -0.2) is 17.6 Å². The number of aryl methyl sites for hydroxylation is 1. The summed E-state index contributed by atoms with van der Waals surface area (Å²) in [5, 5.41) is 13.4. The molecule has 0 aliphatic heterocycles. The molecule has 0 spiro atoms. The fraction of sp³-hybridized carbons (Fsp3) is 0.136. The van der Waals surface area contributed by atoms with Crippen molar-refractivity contribution in [2.24, 2.45) is 0 Å². The third kappa shape index (κ3) is 5.18. The van der Waals surface area contributed by atoms with Gasteiger partial charge in [0, 0.05) is 16.5 Å². The van der Waals surface area contributed by atoms with Crippen LogP contribution < -0.4 is 10.1 Å². The number of ether oxygens (including phenoxy) is 1. The van der Waals surface area contributed by atoms with Crippen LogP contribution in [0.5, 0.6) is 11.5 Å². The summed E-state index contributed by atoms with van der Waals surface area (Å²) in [7, 11) is 0. The van der Waals surface area contributed by atoms with Crippen LogP contribution >= 0.6 is 23.2 Å². The van der Waals surface area contributed by atoms with Crippen LogP contribution in [-0.2, 0) is 6.42 Å². The fourth-order valence-corrected chi connectivity index (χ4v) is 2.98. The third-order valence-electron chi connectivity index (χ3n) is 4.16. The Morgan fingerprint density at radius 2 is 1.68 bits per heavy atom. The zero-order chi connectivity index (χ0) is 20.1. The molecule has 0 radical (unpaired) electrons. The molecule has 0 heterocycles. The lowest BCUT2D eigenvalue weighted by molar-refractivity contribution is 0.102. The Bertz CT molecular complexity index is 988. The summed E-state index contributed by atoms with van der Waals surface area (Å²) in [5.74, 6) is -0.178. The van der Waals surface area contributed by atoms with Crippen molar-refractivity contribution in [3.05, 3.63) is 87.4 Å². The Kier molecular flexibility index (Phi) is 6.45. The second kappa shape index (κ2) is 9.00. The molecule has 144 valence electrons. The Morgan fingerprint density at radius 3 is 2.43 bits per heavy atom. The molecule has 0 saturated carbocycles. The lowest BCUT2D eigenvalue weighted by atomic mass is 10.1. The van der Waals surface area contributed by atoms with Gasteiger partial charge < -0.3 is 15.2 Å². The minimum absolute atomic E-state index is 0.0677. The lowest BCUT2D eigenvalue weighted by Crippen LogP contribution is -2.13. The van der Waals surface area contributed by atoms with Crippen molar-refractivity contribution < 1.29 is 14.6 Å². The predicted octanol–water partition coefficient (Wildman–Crippen LogP) is 5.88. The molecule has 3 aromatic rings. The Balaban J connectivity index is 1.72. The molecule has 0 saturated heterocycles. The van der Waals surface area contributed by atoms with Gasteiger partial charge in [0.05, 0.1) is 17.9 Å². The van der Waals surface area contributed by atoms with Gasteiger partial charge in [0.15, 0.2) is 0 Å². The van der Waals surface area contributed by atoms with E-state index in [2.05, 4.69) is 29.6 Å². The molecule has 1 amide bonds. The van der Waals surface area contributed by atoms with Crippen molar-refractivity contribution in [3.63, 3.8) is 0 Å². The van der Waals surface area contributed by atoms with E-state index in [1.165, 1.54) is 23.8 Å². The van der Waals surface area contributed by atoms with E-state index in [-0.39, 0.29) is 11.3 Å². The van der Waals surface area contributed by atoms with Crippen LogP contribution in [0.15, 0.2) is 60.7 Å². The van der Waals surface area contributed by atoms with Gasteiger partial charge in [-0.2, -0.15) is 0 Å². The minimum atomic E-state index is -0.509. The molecule has 6 heteroatoms. The fourth-order valence-electron chi connectivity index (χ4n) is 2.64. The standard InChI is InChI=1S/C22H19Cl2NO3/c1-14-2-4-15(5-3-14)10-11-28-21-9-7-17(24)13-19(21)25-22(27)18-12-16(23)6-8-20(18)26/h2-9,12-13,26H,10-11H2,1H3,(H,25,27). The summed E-state index contributed by atoms with van der Waals surface area (Å²) in [6.45, 7) is 2.48. The van der Waals surface area contributed by atoms with Crippen LogP contribution in [0.4, 0.5) is 5.69 Å². The average molecular weight is 416 g/mol. The van der Waals surface area contributed by atoms with E-state index in [0.29, 0.717) is 28.1 Å². The molecule has 4 nitrogen and oxygen atoms in total. The largest absolute Gasteiger partial charge is 0.507 e. The Hall–Kier alpha value is -2.69. The SMILES string of the molecule is Cc1ccc(CCOc2ccc(Cl)cc2NC(=O)c2cc(Cl)ccc2O)cc1. The molecule has 28 heavy (non-hydrogen) atoms. The zero-order valence-electron chi connectivity index (χ0n) is 15.2. The molecule has 0 bridgehead atoms. The van der Waals surface area contributed by atoms with Gasteiger partial charge in [0.2, 0.25) is 0 Å². The first-order valence-corrected chi connectivity index (χ1v) is 9.46. The Labute approximate surface area is 173 Å². The number of amides is 1. The molecule has 3 aromatic carbocycles. The smallest absolute Gasteiger partial charge is 0.259 e. The number of hydrogen-bond acceptors (Lipinski definition) is 3. The summed E-state index contributed by atoms with van der Waals surface area (Å²) >= 11 is 12.0. The maximum absolute atomic E-state index is 12.5. The number of phenols is 1. The second-order valence-electron chi connectivity index (χ2n) is 6.34. The average Bonchev–Trinajstić information content (AvgIpc) is 2.67. The quantitative estimate of drug-likeness (QED) is 0.528. The van der Waals surface area contributed by atoms with Gasteiger partial charge in [0.25, 0.3) is 5.91 Å². The van der Waals surface area contributed by atoms with Crippen molar-refractivity contribution >= 4 is 34.8 Å². The lowest BCUT2D eigenvalue weighted by Gasteiger charge is -2.14. The van der Waals surface area contributed by atoms with Gasteiger partial charge in [-0.15, -0.1) is 0 Å². The first-order chi connectivity index (χ1) is 13.4. The zero-order valence-corrected chi connectivity index (χ0v) is 16.7. The molecule has 0 aromatic heterocycles. The van der Waals surface area contributed by atoms with Crippen LogP contribution in [0.1, 0.15) is 21.5 Å². The molecule has 0 aliphatic rings. The van der Waals surface area contributed by atoms with E-state index in [0.717, 1.165) is 12.0 Å². The van der Waals surface area contributed by atoms with Gasteiger partial charge in [-0.3, -0.25) is 4.79 Å². The van der Waals surface area contributed by atoms with Crippen molar-refractivity contribution in [2.75, 3.05) is 11.9 Å². The number of nitrogens with one attached hydrogen (secondary N) is 1.